The van der Waals surface area contributed by atoms with Crippen molar-refractivity contribution in [1.29, 1.82) is 0 Å². The van der Waals surface area contributed by atoms with E-state index in [0.717, 1.165) is 31.8 Å². The highest BCUT2D eigenvalue weighted by atomic mass is 16.6. The van der Waals surface area contributed by atoms with Gasteiger partial charge in [0.1, 0.15) is 5.78 Å². The summed E-state index contributed by atoms with van der Waals surface area (Å²) in [5.74, 6) is -1.07. The van der Waals surface area contributed by atoms with E-state index < -0.39 is 11.9 Å². The molecular weight excluding hydrogens is 328 g/mol. The van der Waals surface area contributed by atoms with E-state index in [2.05, 4.69) is 17.9 Å². The average Bonchev–Trinajstić information content (AvgIpc) is 2.61. The summed E-state index contributed by atoms with van der Waals surface area (Å²) in [6, 6.07) is 0. The molecule has 4 heteroatoms. The van der Waals surface area contributed by atoms with E-state index in [4.69, 9.17) is 0 Å². The predicted octanol–water partition coefficient (Wildman–Crippen LogP) is 5.85. The number of carbonyl (C=O) groups excluding carboxylic acids is 3. The molecule has 0 unspecified atom stereocenters. The van der Waals surface area contributed by atoms with E-state index in [0.29, 0.717) is 17.8 Å². The maximum Gasteiger partial charge on any atom is 0.341 e. The van der Waals surface area contributed by atoms with Crippen LogP contribution in [0.1, 0.15) is 96.8 Å². The van der Waals surface area contributed by atoms with Gasteiger partial charge in [0.05, 0.1) is 0 Å². The summed E-state index contributed by atoms with van der Waals surface area (Å²) in [7, 11) is 0. The highest BCUT2D eigenvalue weighted by molar-refractivity contribution is 5.98. The van der Waals surface area contributed by atoms with Gasteiger partial charge >= 0.3 is 11.9 Å². The molecular formula is C22H36O4. The van der Waals surface area contributed by atoms with Gasteiger partial charge in [0, 0.05) is 18.1 Å². The number of esters is 2. The van der Waals surface area contributed by atoms with Gasteiger partial charge in [-0.2, -0.15) is 0 Å². The SMILES string of the molecule is C=CC(=O)OC(=O)C(=C)CCCCCCCCCCCCCCC(C)=O. The van der Waals surface area contributed by atoms with E-state index in [1.165, 1.54) is 57.8 Å². The van der Waals surface area contributed by atoms with Crippen LogP contribution in [0.15, 0.2) is 24.8 Å². The standard InChI is InChI=1S/C22H36O4/c1-4-21(24)26-22(25)19(2)17-15-13-11-9-7-5-6-8-10-12-14-16-18-20(3)23/h4H,1-2,5-18H2,3H3. The number of hydrogen-bond acceptors (Lipinski definition) is 4. The number of ketones is 1. The molecule has 0 amide bonds. The van der Waals surface area contributed by atoms with Gasteiger partial charge in [-0.3, -0.25) is 0 Å². The van der Waals surface area contributed by atoms with Gasteiger partial charge in [0.25, 0.3) is 0 Å². The minimum absolute atomic E-state index is 0.303. The van der Waals surface area contributed by atoms with Crippen LogP contribution in [-0.4, -0.2) is 17.7 Å². The van der Waals surface area contributed by atoms with E-state index in [1.807, 2.05) is 0 Å². The number of carbonyl (C=O) groups is 3. The Hall–Kier alpha value is -1.71. The maximum atomic E-state index is 11.5. The number of ether oxygens (including phenoxy) is 1. The summed E-state index contributed by atoms with van der Waals surface area (Å²) in [6.07, 6.45) is 16.5. The third kappa shape index (κ3) is 15.8. The van der Waals surface area contributed by atoms with Crippen molar-refractivity contribution in [3.8, 4) is 0 Å². The van der Waals surface area contributed by atoms with Crippen molar-refractivity contribution in [3.05, 3.63) is 24.8 Å². The van der Waals surface area contributed by atoms with Crippen molar-refractivity contribution in [2.24, 2.45) is 0 Å². The zero-order valence-corrected chi connectivity index (χ0v) is 16.5. The molecule has 0 saturated heterocycles. The lowest BCUT2D eigenvalue weighted by atomic mass is 10.0. The predicted molar refractivity (Wildman–Crippen MR) is 106 cm³/mol. The lowest BCUT2D eigenvalue weighted by Crippen LogP contribution is -2.11. The molecule has 0 heterocycles. The molecule has 0 fully saturated rings. The second-order valence-electron chi connectivity index (χ2n) is 6.96. The minimum atomic E-state index is -0.729. The average molecular weight is 365 g/mol. The van der Waals surface area contributed by atoms with Gasteiger partial charge in [-0.1, -0.05) is 77.4 Å². The summed E-state index contributed by atoms with van der Waals surface area (Å²) >= 11 is 0. The Bertz CT molecular complexity index is 451. The first-order valence-corrected chi connectivity index (χ1v) is 10.0. The van der Waals surface area contributed by atoms with Crippen molar-refractivity contribution in [2.45, 2.75) is 96.8 Å². The number of hydrogen-bond donors (Lipinski definition) is 0. The van der Waals surface area contributed by atoms with Crippen LogP contribution in [0.4, 0.5) is 0 Å². The highest BCUT2D eigenvalue weighted by Gasteiger charge is 2.11. The van der Waals surface area contributed by atoms with Gasteiger partial charge in [-0.25, -0.2) is 9.59 Å². The molecule has 148 valence electrons. The molecule has 0 N–H and O–H groups in total. The lowest BCUT2D eigenvalue weighted by Gasteiger charge is -2.05. The molecule has 0 aliphatic carbocycles. The van der Waals surface area contributed by atoms with Crippen LogP contribution >= 0.6 is 0 Å². The van der Waals surface area contributed by atoms with Crippen LogP contribution in [-0.2, 0) is 19.1 Å². The van der Waals surface area contributed by atoms with Gasteiger partial charge in [-0.05, 0) is 26.2 Å². The Morgan fingerprint density at radius 2 is 1.12 bits per heavy atom. The van der Waals surface area contributed by atoms with Crippen LogP contribution < -0.4 is 0 Å². The topological polar surface area (TPSA) is 60.4 Å². The normalized spacial score (nSPS) is 10.3. The van der Waals surface area contributed by atoms with Crippen molar-refractivity contribution in [1.82, 2.24) is 0 Å². The molecule has 0 aliphatic heterocycles. The third-order valence-corrected chi connectivity index (χ3v) is 4.41. The molecule has 0 spiro atoms. The van der Waals surface area contributed by atoms with Crippen molar-refractivity contribution >= 4 is 17.7 Å². The van der Waals surface area contributed by atoms with Gasteiger partial charge in [0.15, 0.2) is 0 Å². The lowest BCUT2D eigenvalue weighted by molar-refractivity contribution is -0.153. The van der Waals surface area contributed by atoms with Gasteiger partial charge in [-0.15, -0.1) is 0 Å². The molecule has 0 bridgehead atoms. The van der Waals surface area contributed by atoms with Crippen molar-refractivity contribution < 1.29 is 19.1 Å². The zero-order chi connectivity index (χ0) is 19.6. The van der Waals surface area contributed by atoms with E-state index in [9.17, 15) is 14.4 Å². The number of rotatable bonds is 17. The Kier molecular flexibility index (Phi) is 15.6. The monoisotopic (exact) mass is 364 g/mol. The largest absolute Gasteiger partial charge is 0.386 e. The molecule has 0 atom stereocenters. The smallest absolute Gasteiger partial charge is 0.341 e. The van der Waals surface area contributed by atoms with Crippen molar-refractivity contribution in [2.75, 3.05) is 0 Å². The molecule has 4 nitrogen and oxygen atoms in total. The third-order valence-electron chi connectivity index (χ3n) is 4.41. The summed E-state index contributed by atoms with van der Waals surface area (Å²) in [4.78, 5) is 33.2. The quantitative estimate of drug-likeness (QED) is 0.141. The Morgan fingerprint density at radius 3 is 1.50 bits per heavy atom. The molecule has 0 aromatic carbocycles. The second kappa shape index (κ2) is 16.7. The molecule has 0 aromatic heterocycles. The van der Waals surface area contributed by atoms with Crippen LogP contribution in [0.2, 0.25) is 0 Å². The molecule has 0 radical (unpaired) electrons. The Labute approximate surface area is 159 Å². The van der Waals surface area contributed by atoms with Crippen molar-refractivity contribution in [3.63, 3.8) is 0 Å². The molecule has 26 heavy (non-hydrogen) atoms. The van der Waals surface area contributed by atoms with Gasteiger partial charge < -0.3 is 9.53 Å². The summed E-state index contributed by atoms with van der Waals surface area (Å²) in [6.45, 7) is 8.58. The number of Topliss-reactive ketones (excluding diaryl/α,β-unsaturated/α-hetero) is 1. The van der Waals surface area contributed by atoms with E-state index in [-0.39, 0.29) is 0 Å². The maximum absolute atomic E-state index is 11.5. The van der Waals surface area contributed by atoms with Crippen LogP contribution in [0.25, 0.3) is 0 Å². The summed E-state index contributed by atoms with van der Waals surface area (Å²) in [5.41, 5.74) is 0.350. The first-order valence-electron chi connectivity index (χ1n) is 10.0. The number of unbranched alkanes of at least 4 members (excludes halogenated alkanes) is 11. The molecule has 0 rings (SSSR count). The second-order valence-corrected chi connectivity index (χ2v) is 6.96. The van der Waals surface area contributed by atoms with Crippen LogP contribution in [0.3, 0.4) is 0 Å². The van der Waals surface area contributed by atoms with E-state index >= 15 is 0 Å². The fourth-order valence-corrected chi connectivity index (χ4v) is 2.79. The fourth-order valence-electron chi connectivity index (χ4n) is 2.79. The Morgan fingerprint density at radius 1 is 0.731 bits per heavy atom. The highest BCUT2D eigenvalue weighted by Crippen LogP contribution is 2.14. The first-order chi connectivity index (χ1) is 12.5. The molecule has 0 saturated carbocycles. The fraction of sp³-hybridized carbons (Fsp3) is 0.682. The van der Waals surface area contributed by atoms with Crippen LogP contribution in [0.5, 0.6) is 0 Å². The van der Waals surface area contributed by atoms with Gasteiger partial charge in [0.2, 0.25) is 0 Å². The van der Waals surface area contributed by atoms with E-state index in [1.54, 1.807) is 6.92 Å². The first kappa shape index (κ1) is 24.3. The van der Waals surface area contributed by atoms with Crippen LogP contribution in [0, 0.1) is 0 Å². The molecule has 0 aliphatic rings. The molecule has 0 aromatic rings. The Balaban J connectivity index is 3.32. The summed E-state index contributed by atoms with van der Waals surface area (Å²) < 4.78 is 4.53. The minimum Gasteiger partial charge on any atom is -0.386 e. The zero-order valence-electron chi connectivity index (χ0n) is 16.5. The summed E-state index contributed by atoms with van der Waals surface area (Å²) in [5, 5.41) is 0.